The zero-order valence-electron chi connectivity index (χ0n) is 18.8. The topological polar surface area (TPSA) is 95.1 Å². The summed E-state index contributed by atoms with van der Waals surface area (Å²) < 4.78 is 5.33. The van der Waals surface area contributed by atoms with Gasteiger partial charge in [-0.25, -0.2) is 15.4 Å². The minimum Gasteiger partial charge on any atom is -0.379 e. The number of aromatic nitrogens is 2. The van der Waals surface area contributed by atoms with Crippen LogP contribution in [0.15, 0.2) is 30.5 Å². The Morgan fingerprint density at radius 3 is 2.58 bits per heavy atom. The number of rotatable bonds is 8. The number of carbonyl (C=O) groups excluding carboxylic acids is 1. The van der Waals surface area contributed by atoms with Gasteiger partial charge in [-0.15, -0.1) is 0 Å². The number of hydroxylamine groups is 1. The number of benzene rings is 1. The number of halogens is 1. The smallest absolute Gasteiger partial charge is 0.297 e. The lowest BCUT2D eigenvalue weighted by Gasteiger charge is -2.34. The van der Waals surface area contributed by atoms with Gasteiger partial charge in [-0.3, -0.25) is 14.5 Å². The molecule has 4 rings (SSSR count). The highest BCUT2D eigenvalue weighted by Crippen LogP contribution is 2.23. The van der Waals surface area contributed by atoms with E-state index in [9.17, 15) is 4.79 Å². The molecule has 2 saturated heterocycles. The third kappa shape index (κ3) is 6.75. The van der Waals surface area contributed by atoms with Crippen LogP contribution in [0.1, 0.15) is 10.5 Å². The van der Waals surface area contributed by atoms with Crippen LogP contribution in [-0.2, 0) is 9.57 Å². The molecule has 3 heterocycles. The van der Waals surface area contributed by atoms with Crippen molar-refractivity contribution in [2.45, 2.75) is 0 Å². The molecule has 0 saturated carbocycles. The Bertz CT molecular complexity index is 917. The number of carbonyl (C=O) groups is 1. The average molecular weight is 476 g/mol. The number of piperazine rings is 1. The first-order chi connectivity index (χ1) is 16.1. The summed E-state index contributed by atoms with van der Waals surface area (Å²) >= 11 is 6.04. The van der Waals surface area contributed by atoms with Crippen molar-refractivity contribution in [2.24, 2.45) is 0 Å². The van der Waals surface area contributed by atoms with Gasteiger partial charge in [0.1, 0.15) is 5.15 Å². The molecule has 0 atom stereocenters. The van der Waals surface area contributed by atoms with Crippen LogP contribution in [0, 0.1) is 0 Å². The van der Waals surface area contributed by atoms with Crippen molar-refractivity contribution in [3.05, 3.63) is 41.3 Å². The highest BCUT2D eigenvalue weighted by Gasteiger charge is 2.18. The molecule has 2 N–H and O–H groups in total. The first-order valence-corrected chi connectivity index (χ1v) is 11.5. The molecule has 0 aliphatic carbocycles. The van der Waals surface area contributed by atoms with Gasteiger partial charge in [-0.05, 0) is 31.3 Å². The summed E-state index contributed by atoms with van der Waals surface area (Å²) in [5.74, 6) is -0.221. The maximum atomic E-state index is 12.6. The minimum atomic E-state index is -0.488. The molecule has 33 heavy (non-hydrogen) atoms. The van der Waals surface area contributed by atoms with Crippen molar-refractivity contribution in [1.29, 1.82) is 0 Å². The molecule has 1 aromatic carbocycles. The molecule has 2 aliphatic rings. The third-order valence-electron chi connectivity index (χ3n) is 5.73. The quantitative estimate of drug-likeness (QED) is 0.436. The zero-order chi connectivity index (χ0) is 23.0. The van der Waals surface area contributed by atoms with Gasteiger partial charge in [0.05, 0.1) is 26.0 Å². The summed E-state index contributed by atoms with van der Waals surface area (Å²) in [5.41, 5.74) is 4.50. The van der Waals surface area contributed by atoms with Crippen molar-refractivity contribution >= 4 is 34.7 Å². The number of nitrogens with one attached hydrogen (secondary N) is 2. The fourth-order valence-corrected chi connectivity index (χ4v) is 3.88. The molecular weight excluding hydrogens is 446 g/mol. The molecule has 178 valence electrons. The Hall–Kier alpha value is -2.50. The predicted molar refractivity (Wildman–Crippen MR) is 127 cm³/mol. The first kappa shape index (κ1) is 23.7. The number of likely N-dealkylation sites (N-methyl/N-ethyl adjacent to an activating group) is 1. The summed E-state index contributed by atoms with van der Waals surface area (Å²) in [6.45, 7) is 8.33. The number of amides is 1. The van der Waals surface area contributed by atoms with Crippen molar-refractivity contribution in [3.8, 4) is 0 Å². The molecule has 2 aliphatic heterocycles. The summed E-state index contributed by atoms with van der Waals surface area (Å²) in [7, 11) is 2.14. The molecular formula is C22H30ClN7O3. The van der Waals surface area contributed by atoms with E-state index in [2.05, 4.69) is 54.6 Å². The first-order valence-electron chi connectivity index (χ1n) is 11.1. The summed E-state index contributed by atoms with van der Waals surface area (Å²) in [5, 5.41) is 3.34. The van der Waals surface area contributed by atoms with Crippen LogP contribution in [0.4, 0.5) is 17.2 Å². The summed E-state index contributed by atoms with van der Waals surface area (Å²) in [6, 6.07) is 8.02. The molecule has 11 heteroatoms. The molecule has 10 nitrogen and oxygen atoms in total. The average Bonchev–Trinajstić information content (AvgIpc) is 2.83. The van der Waals surface area contributed by atoms with E-state index >= 15 is 0 Å². The van der Waals surface area contributed by atoms with Crippen LogP contribution in [-0.4, -0.2) is 98.4 Å². The number of nitrogens with zero attached hydrogens (tertiary/aromatic N) is 5. The number of hydrogen-bond acceptors (Lipinski definition) is 9. The Morgan fingerprint density at radius 2 is 1.85 bits per heavy atom. The number of morpholine rings is 1. The standard InChI is InChI=1S/C22H30ClN7O3/c1-28-6-8-30(9-7-28)18-4-2-17(3-5-18)25-21-20(24-16-19(23)26-21)22(31)27-33-15-12-29-10-13-32-14-11-29/h2-5,16H,6-15H2,1H3,(H,25,26)(H,27,31). The van der Waals surface area contributed by atoms with Gasteiger partial charge in [0, 0.05) is 57.2 Å². The summed E-state index contributed by atoms with van der Waals surface area (Å²) in [4.78, 5) is 33.3. The van der Waals surface area contributed by atoms with Crippen LogP contribution in [0.3, 0.4) is 0 Å². The van der Waals surface area contributed by atoms with Crippen molar-refractivity contribution < 1.29 is 14.4 Å². The van der Waals surface area contributed by atoms with Gasteiger partial charge in [0.15, 0.2) is 11.5 Å². The Kier molecular flexibility index (Phi) is 8.30. The van der Waals surface area contributed by atoms with E-state index in [4.69, 9.17) is 21.2 Å². The maximum Gasteiger partial charge on any atom is 0.297 e. The van der Waals surface area contributed by atoms with E-state index in [0.29, 0.717) is 13.2 Å². The molecule has 0 unspecified atom stereocenters. The van der Waals surface area contributed by atoms with Crippen LogP contribution in [0.5, 0.6) is 0 Å². The SMILES string of the molecule is CN1CCN(c2ccc(Nc3nc(Cl)cnc3C(=O)NOCCN3CCOCC3)cc2)CC1. The molecule has 2 aromatic rings. The summed E-state index contributed by atoms with van der Waals surface area (Å²) in [6.07, 6.45) is 1.34. The number of ether oxygens (including phenoxy) is 1. The second kappa shape index (κ2) is 11.6. The molecule has 1 amide bonds. The van der Waals surface area contributed by atoms with E-state index < -0.39 is 5.91 Å². The Morgan fingerprint density at radius 1 is 1.12 bits per heavy atom. The van der Waals surface area contributed by atoms with Crippen LogP contribution >= 0.6 is 11.6 Å². The highest BCUT2D eigenvalue weighted by atomic mass is 35.5. The Labute approximate surface area is 198 Å². The highest BCUT2D eigenvalue weighted by molar-refractivity contribution is 6.29. The molecule has 0 bridgehead atoms. The lowest BCUT2D eigenvalue weighted by Crippen LogP contribution is -2.44. The van der Waals surface area contributed by atoms with E-state index in [-0.39, 0.29) is 16.7 Å². The second-order valence-electron chi connectivity index (χ2n) is 8.09. The maximum absolute atomic E-state index is 12.6. The number of hydrogen-bond donors (Lipinski definition) is 2. The van der Waals surface area contributed by atoms with Crippen LogP contribution in [0.25, 0.3) is 0 Å². The zero-order valence-corrected chi connectivity index (χ0v) is 19.6. The van der Waals surface area contributed by atoms with Gasteiger partial charge < -0.3 is 19.9 Å². The lowest BCUT2D eigenvalue weighted by atomic mass is 10.2. The van der Waals surface area contributed by atoms with Gasteiger partial charge in [0.25, 0.3) is 5.91 Å². The molecule has 2 fully saturated rings. The van der Waals surface area contributed by atoms with Gasteiger partial charge in [-0.2, -0.15) is 0 Å². The monoisotopic (exact) mass is 475 g/mol. The van der Waals surface area contributed by atoms with Crippen molar-refractivity contribution in [2.75, 3.05) is 82.9 Å². The van der Waals surface area contributed by atoms with Crippen molar-refractivity contribution in [3.63, 3.8) is 0 Å². The normalized spacial score (nSPS) is 17.7. The van der Waals surface area contributed by atoms with Gasteiger partial charge >= 0.3 is 0 Å². The van der Waals surface area contributed by atoms with Gasteiger partial charge in [0.2, 0.25) is 0 Å². The molecule has 0 radical (unpaired) electrons. The second-order valence-corrected chi connectivity index (χ2v) is 8.47. The van der Waals surface area contributed by atoms with Crippen LogP contribution < -0.4 is 15.7 Å². The number of anilines is 3. The fourth-order valence-electron chi connectivity index (χ4n) is 3.74. The molecule has 1 aromatic heterocycles. The van der Waals surface area contributed by atoms with E-state index in [1.807, 2.05) is 12.1 Å². The van der Waals surface area contributed by atoms with E-state index in [0.717, 1.165) is 63.9 Å². The third-order valence-corrected chi connectivity index (χ3v) is 5.92. The Balaban J connectivity index is 1.33. The molecule has 0 spiro atoms. The largest absolute Gasteiger partial charge is 0.379 e. The lowest BCUT2D eigenvalue weighted by molar-refractivity contribution is -0.00192. The van der Waals surface area contributed by atoms with E-state index in [1.54, 1.807) is 0 Å². The minimum absolute atomic E-state index is 0.105. The van der Waals surface area contributed by atoms with Crippen LogP contribution in [0.2, 0.25) is 5.15 Å². The van der Waals surface area contributed by atoms with E-state index in [1.165, 1.54) is 6.20 Å². The fraction of sp³-hybridized carbons (Fsp3) is 0.500. The van der Waals surface area contributed by atoms with Crippen molar-refractivity contribution in [1.82, 2.24) is 25.2 Å². The predicted octanol–water partition coefficient (Wildman–Crippen LogP) is 1.62. The van der Waals surface area contributed by atoms with Gasteiger partial charge in [-0.1, -0.05) is 11.6 Å².